The molecule has 0 aliphatic carbocycles. The summed E-state index contributed by atoms with van der Waals surface area (Å²) in [5.74, 6) is -1.44. The quantitative estimate of drug-likeness (QED) is 0.573. The molecular formula is C10H12N2O6S. The second-order valence-corrected chi connectivity index (χ2v) is 5.57. The van der Waals surface area contributed by atoms with Crippen LogP contribution in [-0.4, -0.2) is 30.2 Å². The third-order valence-electron chi connectivity index (χ3n) is 2.13. The molecule has 0 aromatic heterocycles. The lowest BCUT2D eigenvalue weighted by molar-refractivity contribution is -0.384. The molecule has 0 saturated heterocycles. The van der Waals surface area contributed by atoms with E-state index < -0.39 is 20.9 Å². The van der Waals surface area contributed by atoms with Gasteiger partial charge in [-0.3, -0.25) is 19.6 Å². The largest absolute Gasteiger partial charge is 0.481 e. The van der Waals surface area contributed by atoms with Crippen LogP contribution in [0.15, 0.2) is 24.3 Å². The first-order valence-corrected chi connectivity index (χ1v) is 6.92. The van der Waals surface area contributed by atoms with Crippen molar-refractivity contribution in [2.45, 2.75) is 12.8 Å². The van der Waals surface area contributed by atoms with Crippen LogP contribution in [0, 0.1) is 10.1 Å². The van der Waals surface area contributed by atoms with Crippen molar-refractivity contribution in [3.05, 3.63) is 34.4 Å². The molecular weight excluding hydrogens is 276 g/mol. The van der Waals surface area contributed by atoms with E-state index in [0.29, 0.717) is 0 Å². The summed E-state index contributed by atoms with van der Waals surface area (Å²) >= 11 is 0. The molecule has 104 valence electrons. The van der Waals surface area contributed by atoms with E-state index in [1.807, 2.05) is 0 Å². The molecule has 1 aromatic rings. The second kappa shape index (κ2) is 6.14. The van der Waals surface area contributed by atoms with Crippen LogP contribution in [-0.2, 0) is 14.8 Å². The molecule has 1 aromatic carbocycles. The topological polar surface area (TPSA) is 127 Å². The van der Waals surface area contributed by atoms with Crippen LogP contribution in [0.3, 0.4) is 0 Å². The fourth-order valence-corrected chi connectivity index (χ4v) is 2.44. The zero-order valence-corrected chi connectivity index (χ0v) is 10.6. The Bertz CT molecular complexity index is 583. The minimum Gasteiger partial charge on any atom is -0.481 e. The summed E-state index contributed by atoms with van der Waals surface area (Å²) in [6.45, 7) is 0. The first kappa shape index (κ1) is 14.9. The van der Waals surface area contributed by atoms with E-state index in [9.17, 15) is 23.3 Å². The molecule has 2 N–H and O–H groups in total. The van der Waals surface area contributed by atoms with E-state index in [4.69, 9.17) is 5.11 Å². The normalized spacial score (nSPS) is 10.9. The van der Waals surface area contributed by atoms with E-state index in [-0.39, 0.29) is 30.0 Å². The highest BCUT2D eigenvalue weighted by Gasteiger charge is 2.13. The molecule has 0 amide bonds. The Morgan fingerprint density at radius 2 is 2.11 bits per heavy atom. The predicted molar refractivity (Wildman–Crippen MR) is 67.4 cm³/mol. The zero-order chi connectivity index (χ0) is 14.5. The Morgan fingerprint density at radius 1 is 1.42 bits per heavy atom. The van der Waals surface area contributed by atoms with Gasteiger partial charge >= 0.3 is 5.97 Å². The zero-order valence-electron chi connectivity index (χ0n) is 9.77. The lowest BCUT2D eigenvalue weighted by atomic mass is 10.3. The molecule has 1 rings (SSSR count). The van der Waals surface area contributed by atoms with E-state index in [1.165, 1.54) is 18.2 Å². The Kier molecular flexibility index (Phi) is 4.81. The van der Waals surface area contributed by atoms with E-state index in [1.54, 1.807) is 0 Å². The number of hydrogen-bond donors (Lipinski definition) is 2. The standard InChI is InChI=1S/C10H12N2O6S/c13-10(14)5-2-6-19(17,18)11-8-3-1-4-9(7-8)12(15)16/h1,3-4,7,11H,2,5-6H2,(H,13,14). The van der Waals surface area contributed by atoms with Gasteiger partial charge in [-0.15, -0.1) is 0 Å². The summed E-state index contributed by atoms with van der Waals surface area (Å²) in [7, 11) is -3.71. The lowest BCUT2D eigenvalue weighted by Gasteiger charge is -2.06. The van der Waals surface area contributed by atoms with Crippen molar-refractivity contribution in [1.82, 2.24) is 0 Å². The van der Waals surface area contributed by atoms with Gasteiger partial charge in [0, 0.05) is 18.6 Å². The molecule has 0 radical (unpaired) electrons. The number of hydrogen-bond acceptors (Lipinski definition) is 5. The van der Waals surface area contributed by atoms with Gasteiger partial charge in [-0.2, -0.15) is 0 Å². The summed E-state index contributed by atoms with van der Waals surface area (Å²) in [6, 6.07) is 5.06. The molecule has 0 saturated carbocycles. The summed E-state index contributed by atoms with van der Waals surface area (Å²) < 4.78 is 25.3. The first-order valence-electron chi connectivity index (χ1n) is 5.27. The average molecular weight is 288 g/mol. The molecule has 0 aliphatic rings. The minimum absolute atomic E-state index is 0.0282. The molecule has 0 spiro atoms. The number of benzene rings is 1. The maximum atomic E-state index is 11.6. The highest BCUT2D eigenvalue weighted by molar-refractivity contribution is 7.92. The Morgan fingerprint density at radius 3 is 2.68 bits per heavy atom. The Balaban J connectivity index is 2.70. The summed E-state index contributed by atoms with van der Waals surface area (Å²) in [5.41, 5.74) is -0.157. The molecule has 0 unspecified atom stereocenters. The second-order valence-electron chi connectivity index (χ2n) is 3.73. The third-order valence-corrected chi connectivity index (χ3v) is 3.51. The van der Waals surface area contributed by atoms with Gasteiger partial charge in [0.15, 0.2) is 0 Å². The Hall–Kier alpha value is -2.16. The van der Waals surface area contributed by atoms with Crippen LogP contribution in [0.25, 0.3) is 0 Å². The number of nitrogens with one attached hydrogen (secondary N) is 1. The van der Waals surface area contributed by atoms with Crippen molar-refractivity contribution in [3.63, 3.8) is 0 Å². The minimum atomic E-state index is -3.71. The van der Waals surface area contributed by atoms with Gasteiger partial charge in [0.1, 0.15) is 0 Å². The van der Waals surface area contributed by atoms with Gasteiger partial charge in [-0.1, -0.05) is 6.07 Å². The van der Waals surface area contributed by atoms with Crippen LogP contribution in [0.5, 0.6) is 0 Å². The third kappa shape index (κ3) is 5.34. The number of nitro benzene ring substituents is 1. The van der Waals surface area contributed by atoms with Gasteiger partial charge in [-0.05, 0) is 12.5 Å². The highest BCUT2D eigenvalue weighted by atomic mass is 32.2. The summed E-state index contributed by atoms with van der Waals surface area (Å²) in [5, 5.41) is 18.9. The van der Waals surface area contributed by atoms with Gasteiger partial charge in [0.05, 0.1) is 16.4 Å². The van der Waals surface area contributed by atoms with Crippen molar-refractivity contribution in [3.8, 4) is 0 Å². The molecule has 0 heterocycles. The van der Waals surface area contributed by atoms with Crippen molar-refractivity contribution in [1.29, 1.82) is 0 Å². The van der Waals surface area contributed by atoms with Crippen LogP contribution in [0.1, 0.15) is 12.8 Å². The van der Waals surface area contributed by atoms with E-state index in [0.717, 1.165) is 6.07 Å². The molecule has 8 nitrogen and oxygen atoms in total. The molecule has 9 heteroatoms. The first-order chi connectivity index (χ1) is 8.80. The predicted octanol–water partition coefficient (Wildman–Crippen LogP) is 1.20. The molecule has 0 aliphatic heterocycles. The number of anilines is 1. The van der Waals surface area contributed by atoms with Crippen molar-refractivity contribution in [2.75, 3.05) is 10.5 Å². The van der Waals surface area contributed by atoms with Crippen molar-refractivity contribution in [2.24, 2.45) is 0 Å². The Labute approximate surface area is 109 Å². The number of non-ortho nitro benzene ring substituents is 1. The van der Waals surface area contributed by atoms with Gasteiger partial charge < -0.3 is 5.11 Å². The molecule has 0 atom stereocenters. The number of sulfonamides is 1. The fraction of sp³-hybridized carbons (Fsp3) is 0.300. The smallest absolute Gasteiger partial charge is 0.303 e. The van der Waals surface area contributed by atoms with E-state index in [2.05, 4.69) is 4.72 Å². The maximum absolute atomic E-state index is 11.6. The fourth-order valence-electron chi connectivity index (χ4n) is 1.33. The lowest BCUT2D eigenvalue weighted by Crippen LogP contribution is -2.17. The van der Waals surface area contributed by atoms with Gasteiger partial charge in [-0.25, -0.2) is 8.42 Å². The highest BCUT2D eigenvalue weighted by Crippen LogP contribution is 2.18. The number of nitrogens with zero attached hydrogens (tertiary/aromatic N) is 1. The summed E-state index contributed by atoms with van der Waals surface area (Å²) in [6.07, 6.45) is -0.282. The summed E-state index contributed by atoms with van der Waals surface area (Å²) in [4.78, 5) is 20.2. The van der Waals surface area contributed by atoms with Crippen molar-refractivity contribution < 1.29 is 23.2 Å². The SMILES string of the molecule is O=C(O)CCCS(=O)(=O)Nc1cccc([N+](=O)[O-])c1. The molecule has 0 fully saturated rings. The van der Waals surface area contributed by atoms with E-state index >= 15 is 0 Å². The van der Waals surface area contributed by atoms with Crippen LogP contribution >= 0.6 is 0 Å². The van der Waals surface area contributed by atoms with Crippen LogP contribution in [0.2, 0.25) is 0 Å². The van der Waals surface area contributed by atoms with Crippen molar-refractivity contribution >= 4 is 27.4 Å². The number of carbonyl (C=O) groups is 1. The van der Waals surface area contributed by atoms with Crippen LogP contribution in [0.4, 0.5) is 11.4 Å². The number of rotatable bonds is 7. The maximum Gasteiger partial charge on any atom is 0.303 e. The number of carboxylic acids is 1. The molecule has 0 bridgehead atoms. The number of carboxylic acid groups (broad SMARTS) is 1. The molecule has 19 heavy (non-hydrogen) atoms. The average Bonchev–Trinajstić information content (AvgIpc) is 2.27. The van der Waals surface area contributed by atoms with Crippen LogP contribution < -0.4 is 4.72 Å². The van der Waals surface area contributed by atoms with Gasteiger partial charge in [0.25, 0.3) is 5.69 Å². The number of nitro groups is 1. The monoisotopic (exact) mass is 288 g/mol. The van der Waals surface area contributed by atoms with Gasteiger partial charge in [0.2, 0.25) is 10.0 Å². The number of aliphatic carboxylic acids is 1.